The standard InChI is InChI=1S/C21H23NO5S/c1-2-25-21(24)13-17(15-6-4-3-5-7-15)22-20(23)14-28-16-8-9-18-19(12-16)27-11-10-26-18/h3-9,12,17H,2,10-11,13-14H2,1H3,(H,22,23). The molecule has 1 atom stereocenters. The summed E-state index contributed by atoms with van der Waals surface area (Å²) in [6, 6.07) is 14.6. The second-order valence-electron chi connectivity index (χ2n) is 6.13. The van der Waals surface area contributed by atoms with Gasteiger partial charge in [-0.25, -0.2) is 0 Å². The van der Waals surface area contributed by atoms with Gasteiger partial charge in [-0.15, -0.1) is 11.8 Å². The van der Waals surface area contributed by atoms with Crippen molar-refractivity contribution in [2.24, 2.45) is 0 Å². The van der Waals surface area contributed by atoms with Crippen LogP contribution < -0.4 is 14.8 Å². The minimum absolute atomic E-state index is 0.0955. The summed E-state index contributed by atoms with van der Waals surface area (Å²) in [5.41, 5.74) is 0.869. The van der Waals surface area contributed by atoms with E-state index < -0.39 is 6.04 Å². The Labute approximate surface area is 168 Å². The lowest BCUT2D eigenvalue weighted by atomic mass is 10.0. The van der Waals surface area contributed by atoms with E-state index in [1.807, 2.05) is 48.5 Å². The second kappa shape index (κ2) is 10.0. The molecule has 1 heterocycles. The Hall–Kier alpha value is -2.67. The van der Waals surface area contributed by atoms with Crippen molar-refractivity contribution >= 4 is 23.6 Å². The number of carbonyl (C=O) groups is 2. The molecule has 28 heavy (non-hydrogen) atoms. The van der Waals surface area contributed by atoms with Crippen molar-refractivity contribution in [3.05, 3.63) is 54.1 Å². The first-order valence-corrected chi connectivity index (χ1v) is 10.2. The molecule has 1 aliphatic rings. The first-order chi connectivity index (χ1) is 13.7. The summed E-state index contributed by atoms with van der Waals surface area (Å²) in [5, 5.41) is 2.94. The number of amides is 1. The summed E-state index contributed by atoms with van der Waals surface area (Å²) in [6.07, 6.45) is 0.0955. The molecule has 0 saturated heterocycles. The van der Waals surface area contributed by atoms with Gasteiger partial charge in [0.15, 0.2) is 11.5 Å². The van der Waals surface area contributed by atoms with E-state index >= 15 is 0 Å². The van der Waals surface area contributed by atoms with Gasteiger partial charge in [-0.05, 0) is 30.7 Å². The number of ether oxygens (including phenoxy) is 3. The summed E-state index contributed by atoms with van der Waals surface area (Å²) < 4.78 is 16.1. The van der Waals surface area contributed by atoms with Crippen molar-refractivity contribution < 1.29 is 23.8 Å². The molecule has 0 saturated carbocycles. The summed E-state index contributed by atoms with van der Waals surface area (Å²) in [6.45, 7) is 3.14. The number of benzene rings is 2. The van der Waals surface area contributed by atoms with Gasteiger partial charge in [-0.1, -0.05) is 30.3 Å². The van der Waals surface area contributed by atoms with E-state index in [0.29, 0.717) is 25.6 Å². The number of nitrogens with one attached hydrogen (secondary N) is 1. The van der Waals surface area contributed by atoms with Crippen LogP contribution in [0.1, 0.15) is 24.9 Å². The van der Waals surface area contributed by atoms with E-state index in [4.69, 9.17) is 14.2 Å². The van der Waals surface area contributed by atoms with Gasteiger partial charge in [0, 0.05) is 4.90 Å². The SMILES string of the molecule is CCOC(=O)CC(NC(=O)CSc1ccc2c(c1)OCCO2)c1ccccc1. The minimum Gasteiger partial charge on any atom is -0.486 e. The monoisotopic (exact) mass is 401 g/mol. The van der Waals surface area contributed by atoms with Gasteiger partial charge in [-0.2, -0.15) is 0 Å². The van der Waals surface area contributed by atoms with Crippen molar-refractivity contribution in [2.75, 3.05) is 25.6 Å². The molecule has 1 N–H and O–H groups in total. The maximum atomic E-state index is 12.5. The largest absolute Gasteiger partial charge is 0.486 e. The van der Waals surface area contributed by atoms with E-state index in [9.17, 15) is 9.59 Å². The van der Waals surface area contributed by atoms with Gasteiger partial charge >= 0.3 is 5.97 Å². The minimum atomic E-state index is -0.423. The molecule has 0 aromatic heterocycles. The molecular formula is C21H23NO5S. The summed E-state index contributed by atoms with van der Waals surface area (Å²) in [7, 11) is 0. The highest BCUT2D eigenvalue weighted by atomic mass is 32.2. The Kier molecular flexibility index (Phi) is 7.19. The lowest BCUT2D eigenvalue weighted by molar-refractivity contribution is -0.143. The molecule has 148 valence electrons. The topological polar surface area (TPSA) is 73.9 Å². The molecule has 7 heteroatoms. The lowest BCUT2D eigenvalue weighted by Crippen LogP contribution is -2.31. The van der Waals surface area contributed by atoms with E-state index in [1.54, 1.807) is 6.92 Å². The third kappa shape index (κ3) is 5.66. The van der Waals surface area contributed by atoms with Crippen molar-refractivity contribution in [3.63, 3.8) is 0 Å². The number of rotatable bonds is 8. The number of fused-ring (bicyclic) bond motifs is 1. The van der Waals surface area contributed by atoms with Crippen LogP contribution in [-0.2, 0) is 14.3 Å². The first-order valence-electron chi connectivity index (χ1n) is 9.18. The summed E-state index contributed by atoms with van der Waals surface area (Å²) in [5.74, 6) is 1.15. The van der Waals surface area contributed by atoms with Crippen LogP contribution >= 0.6 is 11.8 Å². The molecule has 0 spiro atoms. The zero-order chi connectivity index (χ0) is 19.8. The second-order valence-corrected chi connectivity index (χ2v) is 7.18. The predicted octanol–water partition coefficient (Wildman–Crippen LogP) is 3.36. The van der Waals surface area contributed by atoms with Crippen molar-refractivity contribution in [1.29, 1.82) is 0 Å². The number of carbonyl (C=O) groups excluding carboxylic acids is 2. The molecular weight excluding hydrogens is 378 g/mol. The molecule has 0 fully saturated rings. The third-order valence-corrected chi connectivity index (χ3v) is 5.09. The molecule has 1 aliphatic heterocycles. The van der Waals surface area contributed by atoms with Gasteiger partial charge < -0.3 is 19.5 Å². The lowest BCUT2D eigenvalue weighted by Gasteiger charge is -2.19. The highest BCUT2D eigenvalue weighted by molar-refractivity contribution is 8.00. The molecule has 0 bridgehead atoms. The average molecular weight is 401 g/mol. The van der Waals surface area contributed by atoms with Crippen LogP contribution in [0.2, 0.25) is 0 Å². The molecule has 6 nitrogen and oxygen atoms in total. The maximum Gasteiger partial charge on any atom is 0.308 e. The average Bonchev–Trinajstić information content (AvgIpc) is 2.72. The summed E-state index contributed by atoms with van der Waals surface area (Å²) >= 11 is 1.40. The normalized spacial score (nSPS) is 13.5. The van der Waals surface area contributed by atoms with Gasteiger partial charge in [-0.3, -0.25) is 9.59 Å². The van der Waals surface area contributed by atoms with Crippen LogP contribution in [0.4, 0.5) is 0 Å². The zero-order valence-corrected chi connectivity index (χ0v) is 16.5. The zero-order valence-electron chi connectivity index (χ0n) is 15.7. The maximum absolute atomic E-state index is 12.5. The Bertz CT molecular complexity index is 812. The number of thioether (sulfide) groups is 1. The van der Waals surface area contributed by atoms with Crippen LogP contribution in [0.25, 0.3) is 0 Å². The predicted molar refractivity (Wildman–Crippen MR) is 107 cm³/mol. The first kappa shape index (κ1) is 20.1. The van der Waals surface area contributed by atoms with Crippen LogP contribution in [0.15, 0.2) is 53.4 Å². The molecule has 2 aromatic rings. The third-order valence-electron chi connectivity index (χ3n) is 4.10. The highest BCUT2D eigenvalue weighted by Gasteiger charge is 2.19. The van der Waals surface area contributed by atoms with Gasteiger partial charge in [0.1, 0.15) is 13.2 Å². The Morgan fingerprint density at radius 3 is 2.61 bits per heavy atom. The molecule has 3 rings (SSSR count). The fourth-order valence-corrected chi connectivity index (χ4v) is 3.56. The van der Waals surface area contributed by atoms with E-state index in [2.05, 4.69) is 5.32 Å². The molecule has 0 aliphatic carbocycles. The van der Waals surface area contributed by atoms with E-state index in [1.165, 1.54) is 11.8 Å². The van der Waals surface area contributed by atoms with Crippen LogP contribution in [0.5, 0.6) is 11.5 Å². The molecule has 2 aromatic carbocycles. The Morgan fingerprint density at radius 2 is 1.86 bits per heavy atom. The van der Waals surface area contributed by atoms with Gasteiger partial charge in [0.25, 0.3) is 0 Å². The van der Waals surface area contributed by atoms with Crippen LogP contribution in [0.3, 0.4) is 0 Å². The molecule has 1 amide bonds. The molecule has 0 radical (unpaired) electrons. The van der Waals surface area contributed by atoms with Crippen LogP contribution in [-0.4, -0.2) is 37.4 Å². The van der Waals surface area contributed by atoms with Crippen LogP contribution in [0, 0.1) is 0 Å². The van der Waals surface area contributed by atoms with Gasteiger partial charge in [0.2, 0.25) is 5.91 Å². The summed E-state index contributed by atoms with van der Waals surface area (Å²) in [4.78, 5) is 25.3. The van der Waals surface area contributed by atoms with E-state index in [0.717, 1.165) is 16.2 Å². The fourth-order valence-electron chi connectivity index (χ4n) is 2.82. The van der Waals surface area contributed by atoms with Crippen molar-refractivity contribution in [2.45, 2.75) is 24.3 Å². The van der Waals surface area contributed by atoms with Gasteiger partial charge in [0.05, 0.1) is 24.8 Å². The quantitative estimate of drug-likeness (QED) is 0.540. The fraction of sp³-hybridized carbons (Fsp3) is 0.333. The number of hydrogen-bond donors (Lipinski definition) is 1. The van der Waals surface area contributed by atoms with E-state index in [-0.39, 0.29) is 24.1 Å². The highest BCUT2D eigenvalue weighted by Crippen LogP contribution is 2.34. The Balaban J connectivity index is 1.59. The number of esters is 1. The van der Waals surface area contributed by atoms with Crippen molar-refractivity contribution in [1.82, 2.24) is 5.32 Å². The van der Waals surface area contributed by atoms with Crippen molar-refractivity contribution in [3.8, 4) is 11.5 Å². The Morgan fingerprint density at radius 1 is 1.11 bits per heavy atom. The molecule has 1 unspecified atom stereocenters. The number of hydrogen-bond acceptors (Lipinski definition) is 6. The smallest absolute Gasteiger partial charge is 0.308 e.